The molecule has 0 fully saturated rings. The predicted molar refractivity (Wildman–Crippen MR) is 135 cm³/mol. The minimum Gasteiger partial charge on any atom is -0.493 e. The van der Waals surface area contributed by atoms with Crippen LogP contribution in [0.3, 0.4) is 0 Å². The molecular formula is C25H35N5O4. The standard InChI is InChI=1S/C25H35N5O4/c1-7-29(16(2)3)24(31)17-9-10-19-20(13-17)30(12-8-11-26)25(28-19)27-18-14-21(32-4)23(34-6)22(15-18)33-5/h9-10,13-16H,7-8,11-12,26H2,1-6H3,(H,27,28). The van der Waals surface area contributed by atoms with Gasteiger partial charge >= 0.3 is 0 Å². The second-order valence-corrected chi connectivity index (χ2v) is 8.16. The SMILES string of the molecule is CCN(C(=O)c1ccc2nc(Nc3cc(OC)c(OC)c(OC)c3)n(CCCN)c2c1)C(C)C. The summed E-state index contributed by atoms with van der Waals surface area (Å²) in [5.41, 5.74) is 8.83. The Bertz CT molecular complexity index is 1120. The highest BCUT2D eigenvalue weighted by atomic mass is 16.5. The van der Waals surface area contributed by atoms with Crippen LogP contribution in [0.5, 0.6) is 17.2 Å². The summed E-state index contributed by atoms with van der Waals surface area (Å²) < 4.78 is 18.4. The fraction of sp³-hybridized carbons (Fsp3) is 0.440. The summed E-state index contributed by atoms with van der Waals surface area (Å²) in [6, 6.07) is 9.39. The van der Waals surface area contributed by atoms with Crippen LogP contribution in [0.25, 0.3) is 11.0 Å². The summed E-state index contributed by atoms with van der Waals surface area (Å²) in [6.45, 7) is 7.87. The van der Waals surface area contributed by atoms with Gasteiger partial charge in [-0.05, 0) is 51.9 Å². The average Bonchev–Trinajstić information content (AvgIpc) is 3.17. The smallest absolute Gasteiger partial charge is 0.254 e. The first-order valence-corrected chi connectivity index (χ1v) is 11.5. The fourth-order valence-electron chi connectivity index (χ4n) is 4.02. The van der Waals surface area contributed by atoms with E-state index in [1.165, 1.54) is 0 Å². The van der Waals surface area contributed by atoms with Crippen molar-refractivity contribution in [2.75, 3.05) is 39.7 Å². The van der Waals surface area contributed by atoms with E-state index in [9.17, 15) is 4.79 Å². The molecule has 9 heteroatoms. The molecule has 0 spiro atoms. The van der Waals surface area contributed by atoms with E-state index in [1.807, 2.05) is 60.6 Å². The molecule has 3 N–H and O–H groups in total. The molecule has 0 saturated carbocycles. The largest absolute Gasteiger partial charge is 0.493 e. The number of aromatic nitrogens is 2. The number of carbonyl (C=O) groups excluding carboxylic acids is 1. The second-order valence-electron chi connectivity index (χ2n) is 8.16. The van der Waals surface area contributed by atoms with Gasteiger partial charge in [-0.25, -0.2) is 4.98 Å². The van der Waals surface area contributed by atoms with Gasteiger partial charge in [-0.15, -0.1) is 0 Å². The van der Waals surface area contributed by atoms with Crippen LogP contribution in [0.2, 0.25) is 0 Å². The van der Waals surface area contributed by atoms with E-state index in [1.54, 1.807) is 21.3 Å². The Morgan fingerprint density at radius 2 is 1.79 bits per heavy atom. The quantitative estimate of drug-likeness (QED) is 0.437. The molecule has 0 aliphatic heterocycles. The van der Waals surface area contributed by atoms with Gasteiger partial charge in [0.2, 0.25) is 11.7 Å². The van der Waals surface area contributed by atoms with Gasteiger partial charge in [0.05, 0.1) is 32.4 Å². The van der Waals surface area contributed by atoms with Crippen LogP contribution in [-0.2, 0) is 6.54 Å². The van der Waals surface area contributed by atoms with Crippen LogP contribution >= 0.6 is 0 Å². The van der Waals surface area contributed by atoms with Crippen molar-refractivity contribution in [2.24, 2.45) is 5.73 Å². The number of nitrogens with one attached hydrogen (secondary N) is 1. The van der Waals surface area contributed by atoms with Crippen molar-refractivity contribution in [3.05, 3.63) is 35.9 Å². The molecule has 0 aliphatic carbocycles. The zero-order chi connectivity index (χ0) is 24.8. The van der Waals surface area contributed by atoms with Crippen molar-refractivity contribution < 1.29 is 19.0 Å². The van der Waals surface area contributed by atoms with Crippen molar-refractivity contribution in [3.63, 3.8) is 0 Å². The lowest BCUT2D eigenvalue weighted by Crippen LogP contribution is -2.36. The Balaban J connectivity index is 2.07. The van der Waals surface area contributed by atoms with Crippen LogP contribution in [0.15, 0.2) is 30.3 Å². The third-order valence-electron chi connectivity index (χ3n) is 5.73. The monoisotopic (exact) mass is 469 g/mol. The number of fused-ring (bicyclic) bond motifs is 1. The summed E-state index contributed by atoms with van der Waals surface area (Å²) in [5.74, 6) is 2.23. The zero-order valence-corrected chi connectivity index (χ0v) is 20.8. The summed E-state index contributed by atoms with van der Waals surface area (Å²) in [4.78, 5) is 19.7. The normalized spacial score (nSPS) is 11.1. The number of amides is 1. The van der Waals surface area contributed by atoms with Gasteiger partial charge in [-0.3, -0.25) is 4.79 Å². The van der Waals surface area contributed by atoms with Crippen molar-refractivity contribution in [1.82, 2.24) is 14.5 Å². The summed E-state index contributed by atoms with van der Waals surface area (Å²) >= 11 is 0. The van der Waals surface area contributed by atoms with Gasteiger partial charge in [0.25, 0.3) is 5.91 Å². The molecule has 9 nitrogen and oxygen atoms in total. The molecule has 0 saturated heterocycles. The highest BCUT2D eigenvalue weighted by Crippen LogP contribution is 2.40. The molecule has 0 atom stereocenters. The highest BCUT2D eigenvalue weighted by Gasteiger charge is 2.20. The Morgan fingerprint density at radius 1 is 1.12 bits per heavy atom. The lowest BCUT2D eigenvalue weighted by atomic mass is 10.1. The van der Waals surface area contributed by atoms with Crippen LogP contribution in [0, 0.1) is 0 Å². The molecule has 0 bridgehead atoms. The van der Waals surface area contributed by atoms with Crippen molar-refractivity contribution in [3.8, 4) is 17.2 Å². The minimum atomic E-state index is 0.00473. The number of methoxy groups -OCH3 is 3. The Kier molecular flexibility index (Phi) is 8.22. The van der Waals surface area contributed by atoms with E-state index >= 15 is 0 Å². The van der Waals surface area contributed by atoms with Crippen LogP contribution in [0.4, 0.5) is 11.6 Å². The van der Waals surface area contributed by atoms with Crippen LogP contribution < -0.4 is 25.3 Å². The number of aryl methyl sites for hydroxylation is 1. The highest BCUT2D eigenvalue weighted by molar-refractivity contribution is 5.98. The first-order chi connectivity index (χ1) is 16.4. The molecular weight excluding hydrogens is 434 g/mol. The molecule has 0 unspecified atom stereocenters. The molecule has 1 amide bonds. The number of nitrogens with zero attached hydrogens (tertiary/aromatic N) is 3. The zero-order valence-electron chi connectivity index (χ0n) is 20.8. The lowest BCUT2D eigenvalue weighted by molar-refractivity contribution is 0.0717. The first-order valence-electron chi connectivity index (χ1n) is 11.5. The third-order valence-corrected chi connectivity index (χ3v) is 5.73. The van der Waals surface area contributed by atoms with Crippen LogP contribution in [-0.4, -0.2) is 60.8 Å². The van der Waals surface area contributed by atoms with E-state index in [2.05, 4.69) is 5.32 Å². The summed E-state index contributed by atoms with van der Waals surface area (Å²) in [5, 5.41) is 3.37. The molecule has 0 aliphatic rings. The van der Waals surface area contributed by atoms with E-state index in [0.29, 0.717) is 48.4 Å². The molecule has 0 radical (unpaired) electrons. The van der Waals surface area contributed by atoms with Crippen molar-refractivity contribution >= 4 is 28.6 Å². The number of benzene rings is 2. The maximum absolute atomic E-state index is 13.1. The molecule has 3 rings (SSSR count). The maximum Gasteiger partial charge on any atom is 0.254 e. The van der Waals surface area contributed by atoms with E-state index < -0.39 is 0 Å². The molecule has 1 aromatic heterocycles. The van der Waals surface area contributed by atoms with Gasteiger partial charge in [-0.1, -0.05) is 0 Å². The Morgan fingerprint density at radius 3 is 2.32 bits per heavy atom. The van der Waals surface area contributed by atoms with Gasteiger partial charge in [0.15, 0.2) is 11.5 Å². The Hall–Kier alpha value is -3.46. The number of carbonyl (C=O) groups is 1. The fourth-order valence-corrected chi connectivity index (χ4v) is 4.02. The van der Waals surface area contributed by atoms with Crippen molar-refractivity contribution in [1.29, 1.82) is 0 Å². The van der Waals surface area contributed by atoms with Gasteiger partial charge < -0.3 is 34.7 Å². The van der Waals surface area contributed by atoms with Crippen LogP contribution in [0.1, 0.15) is 37.6 Å². The molecule has 3 aromatic rings. The predicted octanol–water partition coefficient (Wildman–Crippen LogP) is 4.03. The molecule has 34 heavy (non-hydrogen) atoms. The number of nitrogens with two attached hydrogens (primary N) is 1. The van der Waals surface area contributed by atoms with Crippen molar-refractivity contribution in [2.45, 2.75) is 39.8 Å². The first kappa shape index (κ1) is 25.2. The average molecular weight is 470 g/mol. The Labute approximate surface area is 200 Å². The molecule has 1 heterocycles. The maximum atomic E-state index is 13.1. The van der Waals surface area contributed by atoms with Gasteiger partial charge in [-0.2, -0.15) is 0 Å². The minimum absolute atomic E-state index is 0.00473. The van der Waals surface area contributed by atoms with Gasteiger partial charge in [0.1, 0.15) is 0 Å². The lowest BCUT2D eigenvalue weighted by Gasteiger charge is -2.25. The van der Waals surface area contributed by atoms with E-state index in [-0.39, 0.29) is 11.9 Å². The van der Waals surface area contributed by atoms with E-state index in [4.69, 9.17) is 24.9 Å². The molecule has 2 aromatic carbocycles. The number of hydrogen-bond acceptors (Lipinski definition) is 7. The number of imidazole rings is 1. The summed E-state index contributed by atoms with van der Waals surface area (Å²) in [7, 11) is 4.72. The number of rotatable bonds is 11. The number of ether oxygens (including phenoxy) is 3. The topological polar surface area (TPSA) is 104 Å². The molecule has 184 valence electrons. The number of anilines is 2. The van der Waals surface area contributed by atoms with Gasteiger partial charge in [0, 0.05) is 42.5 Å². The third kappa shape index (κ3) is 5.04. The van der Waals surface area contributed by atoms with E-state index in [0.717, 1.165) is 23.1 Å². The second kappa shape index (κ2) is 11.1. The number of hydrogen-bond donors (Lipinski definition) is 2. The summed E-state index contributed by atoms with van der Waals surface area (Å²) in [6.07, 6.45) is 0.765.